The van der Waals surface area contributed by atoms with Crippen LogP contribution in [-0.2, 0) is 0 Å². The first-order valence-electron chi connectivity index (χ1n) is 5.25. The Labute approximate surface area is 95.4 Å². The zero-order valence-electron chi connectivity index (χ0n) is 9.49. The third kappa shape index (κ3) is 1.63. The van der Waals surface area contributed by atoms with Crippen molar-refractivity contribution in [1.82, 2.24) is 0 Å². The van der Waals surface area contributed by atoms with Crippen LogP contribution in [0.5, 0.6) is 5.75 Å². The zero-order chi connectivity index (χ0) is 11.7. The van der Waals surface area contributed by atoms with Crippen LogP contribution in [0.15, 0.2) is 36.4 Å². The maximum atomic E-state index is 10.1. The summed E-state index contributed by atoms with van der Waals surface area (Å²) in [6.07, 6.45) is 0. The van der Waals surface area contributed by atoms with Gasteiger partial charge in [-0.2, -0.15) is 0 Å². The minimum absolute atomic E-state index is 0.318. The van der Waals surface area contributed by atoms with Crippen LogP contribution in [0.1, 0.15) is 11.1 Å². The monoisotopic (exact) mass is 213 g/mol. The van der Waals surface area contributed by atoms with Gasteiger partial charge in [0.05, 0.1) is 0 Å². The number of rotatable bonds is 1. The largest absolute Gasteiger partial charge is 0.507 e. The fourth-order valence-corrected chi connectivity index (χ4v) is 1.77. The fourth-order valence-electron chi connectivity index (χ4n) is 1.77. The fraction of sp³-hybridized carbons (Fsp3) is 0.143. The molecule has 0 radical (unpaired) electrons. The van der Waals surface area contributed by atoms with Crippen molar-refractivity contribution in [3.8, 4) is 16.9 Å². The number of anilines is 1. The van der Waals surface area contributed by atoms with E-state index in [9.17, 15) is 5.11 Å². The van der Waals surface area contributed by atoms with Crippen LogP contribution in [-0.4, -0.2) is 5.11 Å². The van der Waals surface area contributed by atoms with Crippen molar-refractivity contribution < 1.29 is 5.11 Å². The van der Waals surface area contributed by atoms with Crippen molar-refractivity contribution >= 4 is 5.69 Å². The molecule has 0 saturated heterocycles. The Morgan fingerprint density at radius 3 is 2.25 bits per heavy atom. The molecular formula is C14H15NO. The van der Waals surface area contributed by atoms with Crippen LogP contribution < -0.4 is 5.73 Å². The van der Waals surface area contributed by atoms with Crippen molar-refractivity contribution in [2.75, 3.05) is 5.73 Å². The lowest BCUT2D eigenvalue weighted by atomic mass is 9.97. The average molecular weight is 213 g/mol. The Hall–Kier alpha value is -1.96. The molecule has 0 saturated carbocycles. The average Bonchev–Trinajstić information content (AvgIpc) is 2.32. The first-order chi connectivity index (χ1) is 7.61. The highest BCUT2D eigenvalue weighted by atomic mass is 16.3. The number of phenolic OH excluding ortho intramolecular Hbond substituents is 1. The normalized spacial score (nSPS) is 10.4. The van der Waals surface area contributed by atoms with Crippen LogP contribution in [0.3, 0.4) is 0 Å². The summed E-state index contributed by atoms with van der Waals surface area (Å²) in [6.45, 7) is 3.80. The van der Waals surface area contributed by atoms with Gasteiger partial charge in [0.25, 0.3) is 0 Å². The minimum Gasteiger partial charge on any atom is -0.507 e. The summed E-state index contributed by atoms with van der Waals surface area (Å²) >= 11 is 0. The summed E-state index contributed by atoms with van der Waals surface area (Å²) in [4.78, 5) is 0. The first kappa shape index (κ1) is 10.6. The predicted octanol–water partition coefficient (Wildman–Crippen LogP) is 3.26. The SMILES string of the molecule is Cc1c(N)cc(-c2ccccc2)c(O)c1C. The molecule has 0 fully saturated rings. The highest BCUT2D eigenvalue weighted by molar-refractivity contribution is 5.77. The second-order valence-electron chi connectivity index (χ2n) is 3.98. The Kier molecular flexibility index (Phi) is 2.57. The zero-order valence-corrected chi connectivity index (χ0v) is 9.49. The molecule has 0 amide bonds. The number of hydrogen-bond acceptors (Lipinski definition) is 2. The van der Waals surface area contributed by atoms with Gasteiger partial charge in [-0.25, -0.2) is 0 Å². The molecule has 82 valence electrons. The van der Waals surface area contributed by atoms with E-state index in [2.05, 4.69) is 0 Å². The van der Waals surface area contributed by atoms with Crippen molar-refractivity contribution in [3.05, 3.63) is 47.5 Å². The maximum Gasteiger partial charge on any atom is 0.126 e. The third-order valence-corrected chi connectivity index (χ3v) is 2.99. The van der Waals surface area contributed by atoms with Gasteiger partial charge in [0.2, 0.25) is 0 Å². The number of aromatic hydroxyl groups is 1. The molecule has 2 nitrogen and oxygen atoms in total. The lowest BCUT2D eigenvalue weighted by Gasteiger charge is -2.12. The molecule has 16 heavy (non-hydrogen) atoms. The van der Waals surface area contributed by atoms with E-state index < -0.39 is 0 Å². The van der Waals surface area contributed by atoms with E-state index in [-0.39, 0.29) is 0 Å². The summed E-state index contributed by atoms with van der Waals surface area (Å²) in [5.74, 6) is 0.318. The number of hydrogen-bond donors (Lipinski definition) is 2. The van der Waals surface area contributed by atoms with Crippen LogP contribution >= 0.6 is 0 Å². The lowest BCUT2D eigenvalue weighted by molar-refractivity contribution is 0.472. The van der Waals surface area contributed by atoms with Crippen LogP contribution in [0.2, 0.25) is 0 Å². The molecule has 0 spiro atoms. The van der Waals surface area contributed by atoms with Crippen molar-refractivity contribution in [2.24, 2.45) is 0 Å². The van der Waals surface area contributed by atoms with Crippen LogP contribution in [0.4, 0.5) is 5.69 Å². The van der Waals surface area contributed by atoms with E-state index in [1.165, 1.54) is 0 Å². The molecule has 2 rings (SSSR count). The van der Waals surface area contributed by atoms with Gasteiger partial charge >= 0.3 is 0 Å². The van der Waals surface area contributed by atoms with Gasteiger partial charge in [-0.15, -0.1) is 0 Å². The van der Waals surface area contributed by atoms with Crippen molar-refractivity contribution in [2.45, 2.75) is 13.8 Å². The van der Waals surface area contributed by atoms with E-state index in [0.717, 1.165) is 22.3 Å². The van der Waals surface area contributed by atoms with Crippen molar-refractivity contribution in [3.63, 3.8) is 0 Å². The van der Waals surface area contributed by atoms with Gasteiger partial charge in [0, 0.05) is 11.3 Å². The lowest BCUT2D eigenvalue weighted by Crippen LogP contribution is -1.94. The molecular weight excluding hydrogens is 198 g/mol. The van der Waals surface area contributed by atoms with E-state index in [4.69, 9.17) is 5.73 Å². The summed E-state index contributed by atoms with van der Waals surface area (Å²) in [5, 5.41) is 10.1. The molecule has 2 aromatic carbocycles. The van der Waals surface area contributed by atoms with E-state index in [1.807, 2.05) is 50.2 Å². The van der Waals surface area contributed by atoms with Gasteiger partial charge in [-0.05, 0) is 36.6 Å². The Morgan fingerprint density at radius 1 is 1.00 bits per heavy atom. The standard InChI is InChI=1S/C14H15NO/c1-9-10(2)14(16)12(8-13(9)15)11-6-4-3-5-7-11/h3-8,16H,15H2,1-2H3. The Balaban J connectivity index is 2.68. The van der Waals surface area contributed by atoms with Gasteiger partial charge in [0.1, 0.15) is 5.75 Å². The van der Waals surface area contributed by atoms with Crippen molar-refractivity contribution in [1.29, 1.82) is 0 Å². The molecule has 0 bridgehead atoms. The van der Waals surface area contributed by atoms with Gasteiger partial charge in [0.15, 0.2) is 0 Å². The number of benzene rings is 2. The van der Waals surface area contributed by atoms with Gasteiger partial charge in [-0.1, -0.05) is 30.3 Å². The van der Waals surface area contributed by atoms with E-state index in [0.29, 0.717) is 11.4 Å². The molecule has 0 aromatic heterocycles. The Morgan fingerprint density at radius 2 is 1.62 bits per heavy atom. The highest BCUT2D eigenvalue weighted by Crippen LogP contribution is 2.36. The highest BCUT2D eigenvalue weighted by Gasteiger charge is 2.11. The second-order valence-corrected chi connectivity index (χ2v) is 3.98. The van der Waals surface area contributed by atoms with Crippen LogP contribution in [0.25, 0.3) is 11.1 Å². The molecule has 0 heterocycles. The molecule has 0 unspecified atom stereocenters. The molecule has 0 aliphatic heterocycles. The molecule has 3 N–H and O–H groups in total. The van der Waals surface area contributed by atoms with Gasteiger partial charge in [-0.3, -0.25) is 0 Å². The summed E-state index contributed by atoms with van der Waals surface area (Å²) < 4.78 is 0. The smallest absolute Gasteiger partial charge is 0.126 e. The maximum absolute atomic E-state index is 10.1. The predicted molar refractivity (Wildman–Crippen MR) is 67.4 cm³/mol. The molecule has 0 aliphatic rings. The molecule has 2 heteroatoms. The van der Waals surface area contributed by atoms with E-state index >= 15 is 0 Å². The quantitative estimate of drug-likeness (QED) is 0.564. The van der Waals surface area contributed by atoms with Crippen LogP contribution in [0, 0.1) is 13.8 Å². The number of nitrogen functional groups attached to an aromatic ring is 1. The summed E-state index contributed by atoms with van der Waals surface area (Å²) in [5.41, 5.74) is 10.2. The third-order valence-electron chi connectivity index (χ3n) is 2.99. The summed E-state index contributed by atoms with van der Waals surface area (Å²) in [6, 6.07) is 11.6. The second kappa shape index (κ2) is 3.89. The Bertz CT molecular complexity index is 518. The molecule has 0 atom stereocenters. The summed E-state index contributed by atoms with van der Waals surface area (Å²) in [7, 11) is 0. The molecule has 0 aliphatic carbocycles. The molecule has 2 aromatic rings. The number of nitrogens with two attached hydrogens (primary N) is 1. The van der Waals surface area contributed by atoms with E-state index in [1.54, 1.807) is 0 Å². The first-order valence-corrected chi connectivity index (χ1v) is 5.25. The number of phenols is 1. The topological polar surface area (TPSA) is 46.2 Å². The minimum atomic E-state index is 0.318. The van der Waals surface area contributed by atoms with Gasteiger partial charge < -0.3 is 10.8 Å².